The Balaban J connectivity index is 1.21. The highest BCUT2D eigenvalue weighted by Crippen LogP contribution is 2.44. The number of benzene rings is 7. The first kappa shape index (κ1) is 20.4. The molecular formula is C38H24. The second kappa shape index (κ2) is 7.43. The molecule has 0 saturated carbocycles. The predicted molar refractivity (Wildman–Crippen MR) is 164 cm³/mol. The molecule has 0 nitrogen and oxygen atoms in total. The van der Waals surface area contributed by atoms with Crippen LogP contribution in [0.2, 0.25) is 0 Å². The molecule has 0 radical (unpaired) electrons. The van der Waals surface area contributed by atoms with Crippen LogP contribution in [0.1, 0.15) is 23.1 Å². The van der Waals surface area contributed by atoms with E-state index in [2.05, 4.69) is 121 Å². The third-order valence-electron chi connectivity index (χ3n) is 8.87. The van der Waals surface area contributed by atoms with Gasteiger partial charge >= 0.3 is 0 Å². The monoisotopic (exact) mass is 480 g/mol. The lowest BCUT2D eigenvalue weighted by Gasteiger charge is -2.25. The lowest BCUT2D eigenvalue weighted by molar-refractivity contribution is 1.23. The quantitative estimate of drug-likeness (QED) is 0.216. The topological polar surface area (TPSA) is 0 Å². The molecule has 0 saturated heterocycles. The lowest BCUT2D eigenvalue weighted by Crippen LogP contribution is -2.04. The van der Waals surface area contributed by atoms with Crippen LogP contribution in [-0.4, -0.2) is 0 Å². The number of hydrogen-bond donors (Lipinski definition) is 0. The van der Waals surface area contributed by atoms with Crippen molar-refractivity contribution in [2.75, 3.05) is 0 Å². The molecule has 0 aromatic heterocycles. The maximum absolute atomic E-state index is 2.45. The van der Waals surface area contributed by atoms with Crippen molar-refractivity contribution >= 4 is 54.7 Å². The molecule has 7 aromatic rings. The summed E-state index contributed by atoms with van der Waals surface area (Å²) in [6.07, 6.45) is 9.09. The van der Waals surface area contributed by atoms with Crippen molar-refractivity contribution in [3.05, 3.63) is 132 Å². The summed E-state index contributed by atoms with van der Waals surface area (Å²) in [5.41, 5.74) is 11.0. The summed E-state index contributed by atoms with van der Waals surface area (Å²) in [7, 11) is 0. The van der Waals surface area contributed by atoms with Crippen LogP contribution in [0.4, 0.5) is 0 Å². The summed E-state index contributed by atoms with van der Waals surface area (Å²) >= 11 is 0. The van der Waals surface area contributed by atoms with Gasteiger partial charge in [-0.05, 0) is 100 Å². The smallest absolute Gasteiger partial charge is 0.00206 e. The SMILES string of the molecule is C1=Cc2ccc3ccc(-c4ccc(-c5ccc6ccc7cccc8ccc5c6c78)cc4)c4c3c2C(=CC4)C1. The highest BCUT2D eigenvalue weighted by molar-refractivity contribution is 6.25. The number of allylic oxidation sites excluding steroid dienone is 3. The summed E-state index contributed by atoms with van der Waals surface area (Å²) in [6.45, 7) is 0. The van der Waals surface area contributed by atoms with Gasteiger partial charge in [-0.25, -0.2) is 0 Å². The fraction of sp³-hybridized carbons (Fsp3) is 0.0526. The Hall–Kier alpha value is -4.68. The summed E-state index contributed by atoms with van der Waals surface area (Å²) in [5, 5.41) is 10.8. The summed E-state index contributed by atoms with van der Waals surface area (Å²) in [4.78, 5) is 0. The zero-order chi connectivity index (χ0) is 24.8. The minimum absolute atomic E-state index is 1.00. The molecule has 0 atom stereocenters. The van der Waals surface area contributed by atoms with Crippen molar-refractivity contribution in [1.29, 1.82) is 0 Å². The molecule has 9 rings (SSSR count). The van der Waals surface area contributed by atoms with Crippen LogP contribution in [0, 0.1) is 0 Å². The van der Waals surface area contributed by atoms with Crippen molar-refractivity contribution in [3.8, 4) is 22.3 Å². The molecule has 0 bridgehead atoms. The van der Waals surface area contributed by atoms with Crippen molar-refractivity contribution in [1.82, 2.24) is 0 Å². The first-order valence-electron chi connectivity index (χ1n) is 13.6. The van der Waals surface area contributed by atoms with Crippen molar-refractivity contribution in [2.24, 2.45) is 0 Å². The Labute approximate surface area is 221 Å². The molecule has 2 aliphatic rings. The van der Waals surface area contributed by atoms with E-state index >= 15 is 0 Å². The van der Waals surface area contributed by atoms with Crippen LogP contribution in [0.3, 0.4) is 0 Å². The second-order valence-corrected chi connectivity index (χ2v) is 10.8. The van der Waals surface area contributed by atoms with Crippen LogP contribution in [0.25, 0.3) is 77.0 Å². The molecule has 0 spiro atoms. The van der Waals surface area contributed by atoms with E-state index in [-0.39, 0.29) is 0 Å². The molecule has 38 heavy (non-hydrogen) atoms. The van der Waals surface area contributed by atoms with E-state index in [0.717, 1.165) is 12.8 Å². The van der Waals surface area contributed by atoms with Gasteiger partial charge in [-0.3, -0.25) is 0 Å². The standard InChI is InChI=1S/C38H24/c1-3-25-11-13-29-15-19-31(33-21-17-27(5-1)35(25)37(29)33)23-7-9-24(10-8-23)32-20-16-30-14-12-26-4-2-6-28-18-22-34(32)38(30)36(26)28/h1-5,7-21H,6,22H2. The average Bonchev–Trinajstić information content (AvgIpc) is 2.99. The van der Waals surface area contributed by atoms with Crippen LogP contribution in [0.15, 0.2) is 115 Å². The Morgan fingerprint density at radius 2 is 1.11 bits per heavy atom. The van der Waals surface area contributed by atoms with Crippen molar-refractivity contribution in [2.45, 2.75) is 12.8 Å². The van der Waals surface area contributed by atoms with Crippen LogP contribution < -0.4 is 0 Å². The normalized spacial score (nSPS) is 14.2. The molecule has 7 aromatic carbocycles. The van der Waals surface area contributed by atoms with Gasteiger partial charge in [-0.2, -0.15) is 0 Å². The van der Waals surface area contributed by atoms with E-state index in [9.17, 15) is 0 Å². The molecule has 0 heteroatoms. The van der Waals surface area contributed by atoms with E-state index in [1.54, 1.807) is 0 Å². The molecule has 0 amide bonds. The number of hydrogen-bond acceptors (Lipinski definition) is 0. The molecule has 0 N–H and O–H groups in total. The minimum atomic E-state index is 1.00. The molecule has 0 heterocycles. The maximum Gasteiger partial charge on any atom is -0.00206 e. The fourth-order valence-electron chi connectivity index (χ4n) is 7.12. The zero-order valence-corrected chi connectivity index (χ0v) is 21.0. The van der Waals surface area contributed by atoms with Gasteiger partial charge in [0.05, 0.1) is 0 Å². The summed E-state index contributed by atoms with van der Waals surface area (Å²) < 4.78 is 0. The number of rotatable bonds is 2. The van der Waals surface area contributed by atoms with E-state index in [1.807, 2.05) is 0 Å². The maximum atomic E-state index is 2.45. The van der Waals surface area contributed by atoms with Gasteiger partial charge < -0.3 is 0 Å². The van der Waals surface area contributed by atoms with Gasteiger partial charge in [0.25, 0.3) is 0 Å². The van der Waals surface area contributed by atoms with Gasteiger partial charge in [-0.1, -0.05) is 121 Å². The van der Waals surface area contributed by atoms with Crippen LogP contribution in [-0.2, 0) is 6.42 Å². The first-order valence-corrected chi connectivity index (χ1v) is 13.6. The Morgan fingerprint density at radius 1 is 0.474 bits per heavy atom. The Kier molecular flexibility index (Phi) is 3.99. The van der Waals surface area contributed by atoms with E-state index in [0.29, 0.717) is 0 Å². The van der Waals surface area contributed by atoms with Gasteiger partial charge in [0.15, 0.2) is 0 Å². The predicted octanol–water partition coefficient (Wildman–Crippen LogP) is 10.4. The van der Waals surface area contributed by atoms with Gasteiger partial charge in [0, 0.05) is 0 Å². The second-order valence-electron chi connectivity index (χ2n) is 10.8. The molecule has 0 aliphatic heterocycles. The van der Waals surface area contributed by atoms with E-state index in [1.165, 1.54) is 87.6 Å². The van der Waals surface area contributed by atoms with Gasteiger partial charge in [-0.15, -0.1) is 0 Å². The summed E-state index contributed by atoms with van der Waals surface area (Å²) in [5.74, 6) is 0. The zero-order valence-electron chi connectivity index (χ0n) is 21.0. The van der Waals surface area contributed by atoms with E-state index < -0.39 is 0 Å². The molecule has 2 aliphatic carbocycles. The third kappa shape index (κ3) is 2.70. The molecule has 0 fully saturated rings. The third-order valence-corrected chi connectivity index (χ3v) is 8.87. The Bertz CT molecular complexity index is 2140. The van der Waals surface area contributed by atoms with Gasteiger partial charge in [0.2, 0.25) is 0 Å². The van der Waals surface area contributed by atoms with Gasteiger partial charge in [0.1, 0.15) is 0 Å². The molecular weight excluding hydrogens is 456 g/mol. The van der Waals surface area contributed by atoms with Crippen molar-refractivity contribution in [3.63, 3.8) is 0 Å². The largest absolute Gasteiger partial charge is 0.0795 e. The fourth-order valence-corrected chi connectivity index (χ4v) is 7.12. The Morgan fingerprint density at radius 3 is 1.92 bits per heavy atom. The van der Waals surface area contributed by atoms with Crippen LogP contribution in [0.5, 0.6) is 0 Å². The average molecular weight is 481 g/mol. The minimum Gasteiger partial charge on any atom is -0.0795 e. The van der Waals surface area contributed by atoms with Crippen LogP contribution >= 0.6 is 0 Å². The van der Waals surface area contributed by atoms with E-state index in [4.69, 9.17) is 0 Å². The highest BCUT2D eigenvalue weighted by atomic mass is 14.3. The summed E-state index contributed by atoms with van der Waals surface area (Å²) in [6, 6.07) is 38.7. The highest BCUT2D eigenvalue weighted by Gasteiger charge is 2.22. The lowest BCUT2D eigenvalue weighted by atomic mass is 9.79. The first-order chi connectivity index (χ1) is 18.8. The molecule has 176 valence electrons. The molecule has 0 unspecified atom stereocenters. The van der Waals surface area contributed by atoms with Crippen molar-refractivity contribution < 1.29 is 0 Å².